The predicted molar refractivity (Wildman–Crippen MR) is 382 cm³/mol. The van der Waals surface area contributed by atoms with E-state index < -0.39 is 155 Å². The van der Waals surface area contributed by atoms with Crippen molar-refractivity contribution >= 4 is 274 Å². The smallest absolute Gasteiger partial charge is 0.256 e. The van der Waals surface area contributed by atoms with E-state index in [9.17, 15) is 94.5 Å². The molecule has 0 aliphatic carbocycles. The van der Waals surface area contributed by atoms with Gasteiger partial charge in [-0.15, -0.1) is 0 Å². The third kappa shape index (κ3) is 17.8. The molecule has 3 aromatic rings. The summed E-state index contributed by atoms with van der Waals surface area (Å²) in [6.45, 7) is -7.99. The molecule has 0 spiro atoms. The predicted octanol–water partition coefficient (Wildman–Crippen LogP) is -1.03. The zero-order valence-corrected chi connectivity index (χ0v) is 64.0. The normalized spacial score (nSPS) is 16.6. The van der Waals surface area contributed by atoms with E-state index in [-0.39, 0.29) is 95.7 Å². The van der Waals surface area contributed by atoms with Gasteiger partial charge in [-0.25, -0.2) is 0 Å². The molecule has 9 amide bonds. The molecule has 1 heterocycles. The summed E-state index contributed by atoms with van der Waals surface area (Å²) >= 11 is 15.5. The number of nitrogens with zero attached hydrogens (tertiary/aromatic N) is 4. The zero-order valence-electron chi connectivity index (χ0n) is 44.6. The fourth-order valence-electron chi connectivity index (χ4n) is 8.42. The number of amides is 9. The molecule has 3 unspecified atom stereocenters. The molecule has 16 N–H and O–H groups in total. The first-order valence-electron chi connectivity index (χ1n) is 24.5. The Morgan fingerprint density at radius 1 is 0.419 bits per heavy atom. The average molecular weight is 2220 g/mol. The minimum absolute atomic E-state index is 0.0147. The molecule has 474 valence electrons. The Hall–Kier alpha value is -0.980. The van der Waals surface area contributed by atoms with Crippen molar-refractivity contribution in [2.24, 2.45) is 0 Å². The Morgan fingerprint density at radius 2 is 0.663 bits per heavy atom. The van der Waals surface area contributed by atoms with Gasteiger partial charge in [-0.2, -0.15) is 0 Å². The lowest BCUT2D eigenvalue weighted by atomic mass is 10.0. The van der Waals surface area contributed by atoms with Crippen molar-refractivity contribution in [3.63, 3.8) is 0 Å². The van der Waals surface area contributed by atoms with Gasteiger partial charge in [0.05, 0.1) is 122 Å². The van der Waals surface area contributed by atoms with Gasteiger partial charge < -0.3 is 102 Å². The average Bonchev–Trinajstić information content (AvgIpc) is 2.96. The fraction of sp³-hybridized carbons (Fsp3) is 0.438. The van der Waals surface area contributed by atoms with Crippen LogP contribution in [-0.2, 0) is 14.4 Å². The second-order valence-corrected chi connectivity index (χ2v) is 28.3. The summed E-state index contributed by atoms with van der Waals surface area (Å²) in [5, 5.41) is 126. The van der Waals surface area contributed by atoms with Gasteiger partial charge in [0.1, 0.15) is 32.0 Å². The molecular formula is C48H54I9N9O20. The lowest BCUT2D eigenvalue weighted by Gasteiger charge is -2.33. The number of aliphatic hydroxyl groups excluding tert-OH is 11. The van der Waals surface area contributed by atoms with Crippen LogP contribution in [0.3, 0.4) is 0 Å². The molecule has 4 rings (SSSR count). The first kappa shape index (κ1) is 77.5. The van der Waals surface area contributed by atoms with Gasteiger partial charge in [-0.3, -0.25) is 43.2 Å². The topological polar surface area (TPSA) is 449 Å². The van der Waals surface area contributed by atoms with Crippen LogP contribution in [0.2, 0.25) is 0 Å². The summed E-state index contributed by atoms with van der Waals surface area (Å²) in [6.07, 6.45) is -8.22. The van der Waals surface area contributed by atoms with E-state index in [1.807, 2.05) is 0 Å². The monoisotopic (exact) mass is 2220 g/mol. The van der Waals surface area contributed by atoms with Gasteiger partial charge in [0, 0.05) is 64.6 Å². The molecule has 1 aliphatic rings. The van der Waals surface area contributed by atoms with E-state index >= 15 is 4.79 Å². The molecule has 1 fully saturated rings. The Morgan fingerprint density at radius 3 is 0.919 bits per heavy atom. The highest BCUT2D eigenvalue weighted by Gasteiger charge is 2.51. The van der Waals surface area contributed by atoms with Gasteiger partial charge in [-0.05, 0) is 203 Å². The van der Waals surface area contributed by atoms with Gasteiger partial charge in [0.2, 0.25) is 17.7 Å². The minimum atomic E-state index is -2.02. The fourth-order valence-corrected chi connectivity index (χ4v) is 21.6. The molecule has 0 radical (unpaired) electrons. The summed E-state index contributed by atoms with van der Waals surface area (Å²) in [4.78, 5) is 130. The van der Waals surface area contributed by atoms with Crippen LogP contribution in [0.1, 0.15) is 62.1 Å². The Bertz CT molecular complexity index is 3030. The van der Waals surface area contributed by atoms with Crippen LogP contribution in [0.25, 0.3) is 0 Å². The number of carbonyl (C=O) groups excluding carboxylic acids is 9. The molecule has 7 atom stereocenters. The Labute approximate surface area is 612 Å². The van der Waals surface area contributed by atoms with Crippen molar-refractivity contribution in [1.29, 1.82) is 0 Å². The van der Waals surface area contributed by atoms with Crippen LogP contribution in [-0.4, -0.2) is 265 Å². The van der Waals surface area contributed by atoms with Crippen molar-refractivity contribution in [2.45, 2.75) is 42.6 Å². The van der Waals surface area contributed by atoms with E-state index in [4.69, 9.17) is 0 Å². The third-order valence-electron chi connectivity index (χ3n) is 12.6. The number of likely N-dealkylation sites (tertiary alicyclic amines) is 1. The van der Waals surface area contributed by atoms with E-state index in [2.05, 4.69) is 26.6 Å². The zero-order chi connectivity index (χ0) is 65.3. The summed E-state index contributed by atoms with van der Waals surface area (Å²) < 4.78 is 0.0777. The molecule has 0 saturated carbocycles. The van der Waals surface area contributed by atoms with Gasteiger partial charge in [0.15, 0.2) is 0 Å². The maximum Gasteiger partial charge on any atom is 0.256 e. The quantitative estimate of drug-likeness (QED) is 0.0451. The molecule has 1 aliphatic heterocycles. The van der Waals surface area contributed by atoms with Crippen LogP contribution < -0.4 is 26.6 Å². The van der Waals surface area contributed by atoms with Crippen molar-refractivity contribution in [3.05, 3.63) is 65.5 Å². The molecule has 3 aromatic carbocycles. The molecular weight excluding hydrogens is 2160 g/mol. The first-order chi connectivity index (χ1) is 40.2. The number of halogens is 9. The highest BCUT2D eigenvalue weighted by atomic mass is 127. The lowest BCUT2D eigenvalue weighted by molar-refractivity contribution is -0.119. The molecule has 1 saturated heterocycles. The number of anilines is 3. The summed E-state index contributed by atoms with van der Waals surface area (Å²) in [6, 6.07) is -3.42. The van der Waals surface area contributed by atoms with E-state index in [1.165, 1.54) is 21.1 Å². The lowest BCUT2D eigenvalue weighted by Crippen LogP contribution is -2.52. The molecule has 0 bridgehead atoms. The minimum Gasteiger partial charge on any atom is -0.394 e. The Balaban J connectivity index is 2.03. The summed E-state index contributed by atoms with van der Waals surface area (Å²) in [5.74, 6) is -8.42. The van der Waals surface area contributed by atoms with Crippen molar-refractivity contribution < 1.29 is 99.3 Å². The number of nitrogens with one attached hydrogen (secondary N) is 5. The van der Waals surface area contributed by atoms with E-state index in [0.29, 0.717) is 0 Å². The second-order valence-electron chi connectivity index (χ2n) is 18.6. The number of hydrogen-bond acceptors (Lipinski definition) is 20. The number of likely N-dealkylation sites (N-methyl/N-ethyl adjacent to an activating group) is 3. The van der Waals surface area contributed by atoms with E-state index in [1.54, 1.807) is 203 Å². The van der Waals surface area contributed by atoms with Gasteiger partial charge in [0.25, 0.3) is 35.4 Å². The number of carbonyl (C=O) groups is 9. The second kappa shape index (κ2) is 34.8. The maximum atomic E-state index is 15.9. The summed E-state index contributed by atoms with van der Waals surface area (Å²) in [5.41, 5.74) is -1.84. The van der Waals surface area contributed by atoms with E-state index in [0.717, 1.165) is 19.6 Å². The number of hydrogen-bond donors (Lipinski definition) is 16. The SMILES string of the molecule is CN(CC(O)CO)C(=O)c1c(I)c(NC(=O)CO)c(I)c(C(=O)NC[C@@H]2[C@H](O)[C@@H](O)[C@H](CNC(=O)c3c(I)c(NC(=O)CO)c(I)c(C(=O)N(C)CC(O)CO)c3I)N2C(=O)c2c(I)c(NC(=O)CO)c(I)c(C(=O)N(C)CC(O)CO)c2I)c1I. The van der Waals surface area contributed by atoms with Crippen LogP contribution in [0.5, 0.6) is 0 Å². The van der Waals surface area contributed by atoms with Crippen molar-refractivity contribution in [1.82, 2.24) is 30.2 Å². The van der Waals surface area contributed by atoms with Crippen molar-refractivity contribution in [2.75, 3.05) is 109 Å². The highest BCUT2D eigenvalue weighted by molar-refractivity contribution is 14.1. The first-order valence-corrected chi connectivity index (χ1v) is 34.2. The van der Waals surface area contributed by atoms with Crippen LogP contribution in [0, 0.1) is 32.1 Å². The number of aliphatic hydroxyl groups is 11. The number of rotatable bonds is 25. The largest absolute Gasteiger partial charge is 0.394 e. The molecule has 0 aromatic heterocycles. The van der Waals surface area contributed by atoms with Gasteiger partial charge >= 0.3 is 0 Å². The van der Waals surface area contributed by atoms with Crippen molar-refractivity contribution in [3.8, 4) is 0 Å². The van der Waals surface area contributed by atoms with Crippen LogP contribution in [0.15, 0.2) is 0 Å². The third-order valence-corrected chi connectivity index (χ3v) is 22.4. The Kier molecular flexibility index (Phi) is 31.3. The molecule has 38 heteroatoms. The maximum absolute atomic E-state index is 15.9. The molecule has 86 heavy (non-hydrogen) atoms. The van der Waals surface area contributed by atoms with Gasteiger partial charge in [-0.1, -0.05) is 0 Å². The standard InChI is InChI=1S/C48H54I9N9O20/c1-63(6-15(73)9-67)45(83)25-29(49)23(32(52)38(34(25)54)60-20(76)12-70)43(81)58-4-18-41(79)42(80)19(5-59-44(82)24-30(50)26(46(84)64(2)7-16(74)10-68)35(55)39(33(24)53)61-21(77)13-71)66(18)48(86)28-31(51)27(47(85)65(3)8-17(75)11-69)36(56)40(37(28)57)62-22(78)14-72/h15-19,41-42,67-75,79-80H,4-14H2,1-3H3,(H,58,81)(H,59,82)(H,60,76)(H,61,77)(H,62,78)/t15?,16?,17?,18-,19+,41-,42-/m0/s1. The highest BCUT2D eigenvalue weighted by Crippen LogP contribution is 2.41. The summed E-state index contributed by atoms with van der Waals surface area (Å²) in [7, 11) is 3.88. The van der Waals surface area contributed by atoms with Crippen LogP contribution >= 0.6 is 203 Å². The number of benzene rings is 3. The molecule has 29 nitrogen and oxygen atoms in total. The van der Waals surface area contributed by atoms with Crippen LogP contribution in [0.4, 0.5) is 17.1 Å².